The topological polar surface area (TPSA) is 88.5 Å². The SMILES string of the molecule is [2H]C1([2H])C([2H])([2H])C([2H])([2H])C([2H])(NC(=O)c2nc(C)c([C@H](OC(C)(C)C)C(=O)O)c(-c3ccc(Cl)cc3)c2C)C([2H])([2H])C1([2H])[2H]. The number of benzene rings is 1. The van der Waals surface area contributed by atoms with Gasteiger partial charge < -0.3 is 15.2 Å². The van der Waals surface area contributed by atoms with Crippen molar-refractivity contribution >= 4 is 23.5 Å². The van der Waals surface area contributed by atoms with Gasteiger partial charge in [0.2, 0.25) is 0 Å². The summed E-state index contributed by atoms with van der Waals surface area (Å²) >= 11 is 6.06. The van der Waals surface area contributed by atoms with E-state index in [9.17, 15) is 14.7 Å². The van der Waals surface area contributed by atoms with E-state index >= 15 is 0 Å². The van der Waals surface area contributed by atoms with Gasteiger partial charge in [0.15, 0.2) is 6.10 Å². The molecule has 1 heterocycles. The Labute approximate surface area is 216 Å². The molecule has 0 saturated heterocycles. The van der Waals surface area contributed by atoms with Gasteiger partial charge in [0, 0.05) is 36.0 Å². The number of carbonyl (C=O) groups is 2. The van der Waals surface area contributed by atoms with Crippen molar-refractivity contribution in [3.8, 4) is 11.1 Å². The second-order valence-corrected chi connectivity index (χ2v) is 8.81. The van der Waals surface area contributed by atoms with Crippen molar-refractivity contribution in [3.05, 3.63) is 51.8 Å². The summed E-state index contributed by atoms with van der Waals surface area (Å²) < 4.78 is 96.6. The van der Waals surface area contributed by atoms with E-state index in [0.29, 0.717) is 10.6 Å². The maximum absolute atomic E-state index is 13.8. The minimum Gasteiger partial charge on any atom is -0.479 e. The summed E-state index contributed by atoms with van der Waals surface area (Å²) in [5, 5.41) is 12.3. The molecule has 33 heavy (non-hydrogen) atoms. The highest BCUT2D eigenvalue weighted by atomic mass is 35.5. The molecule has 3 rings (SSSR count). The number of nitrogens with one attached hydrogen (secondary N) is 1. The summed E-state index contributed by atoms with van der Waals surface area (Å²) in [6.45, 7) is 7.68. The first-order chi connectivity index (χ1) is 19.6. The van der Waals surface area contributed by atoms with Gasteiger partial charge in [-0.2, -0.15) is 0 Å². The number of carboxylic acid groups (broad SMARTS) is 1. The maximum atomic E-state index is 13.8. The number of carbonyl (C=O) groups excluding carboxylic acids is 1. The number of hydrogen-bond donors (Lipinski definition) is 2. The quantitative estimate of drug-likeness (QED) is 0.524. The summed E-state index contributed by atoms with van der Waals surface area (Å²) in [7, 11) is 0. The molecule has 1 atom stereocenters. The number of nitrogens with zero attached hydrogens (tertiary/aromatic N) is 1. The van der Waals surface area contributed by atoms with Crippen LogP contribution in [0.2, 0.25) is 5.02 Å². The minimum atomic E-state index is -3.83. The minimum absolute atomic E-state index is 0.00364. The number of rotatable bonds is 6. The van der Waals surface area contributed by atoms with Gasteiger partial charge in [0.1, 0.15) is 5.69 Å². The maximum Gasteiger partial charge on any atom is 0.337 e. The molecule has 1 amide bonds. The molecule has 6 nitrogen and oxygen atoms in total. The third-order valence-corrected chi connectivity index (χ3v) is 4.97. The average molecular weight is 484 g/mol. The van der Waals surface area contributed by atoms with Crippen molar-refractivity contribution in [3.63, 3.8) is 0 Å². The molecule has 0 aliphatic heterocycles. The number of carboxylic acids is 1. The Hall–Kier alpha value is -2.44. The van der Waals surface area contributed by atoms with Crippen LogP contribution >= 0.6 is 11.6 Å². The van der Waals surface area contributed by atoms with Gasteiger partial charge in [0.25, 0.3) is 5.91 Å². The summed E-state index contributed by atoms with van der Waals surface area (Å²) in [5.74, 6) is -2.78. The number of hydrogen-bond acceptors (Lipinski definition) is 4. The normalized spacial score (nSPS) is 29.3. The van der Waals surface area contributed by atoms with Crippen LogP contribution in [-0.2, 0) is 9.53 Å². The summed E-state index contributed by atoms with van der Waals surface area (Å²) in [6.07, 6.45) is -20.6. The fourth-order valence-corrected chi connectivity index (χ4v) is 3.54. The number of aliphatic carboxylic acids is 1. The molecule has 1 aromatic heterocycles. The van der Waals surface area contributed by atoms with E-state index in [-0.39, 0.29) is 22.4 Å². The third-order valence-electron chi connectivity index (χ3n) is 4.71. The van der Waals surface area contributed by atoms with Crippen LogP contribution in [0.3, 0.4) is 0 Å². The highest BCUT2D eigenvalue weighted by Crippen LogP contribution is 2.38. The Morgan fingerprint density at radius 2 is 1.82 bits per heavy atom. The Morgan fingerprint density at radius 3 is 2.36 bits per heavy atom. The molecule has 0 unspecified atom stereocenters. The molecule has 1 fully saturated rings. The van der Waals surface area contributed by atoms with Gasteiger partial charge in [-0.15, -0.1) is 0 Å². The Balaban J connectivity index is 2.32. The number of aryl methyl sites for hydroxylation is 1. The summed E-state index contributed by atoms with van der Waals surface area (Å²) in [6, 6.07) is 2.38. The monoisotopic (exact) mass is 483 g/mol. The lowest BCUT2D eigenvalue weighted by molar-refractivity contribution is -0.160. The fraction of sp³-hybridized carbons (Fsp3) is 0.500. The molecule has 0 spiro atoms. The highest BCUT2D eigenvalue weighted by Gasteiger charge is 2.33. The predicted molar refractivity (Wildman–Crippen MR) is 130 cm³/mol. The lowest BCUT2D eigenvalue weighted by atomic mass is 9.89. The molecule has 1 aliphatic carbocycles. The lowest BCUT2D eigenvalue weighted by Gasteiger charge is -2.29. The molecule has 2 N–H and O–H groups in total. The summed E-state index contributed by atoms with van der Waals surface area (Å²) in [5.41, 5.74) is -0.913. The Morgan fingerprint density at radius 1 is 1.21 bits per heavy atom. The van der Waals surface area contributed by atoms with E-state index < -0.39 is 67.2 Å². The molecular formula is C26H33ClN2O4. The smallest absolute Gasteiger partial charge is 0.337 e. The zero-order valence-corrected chi connectivity index (χ0v) is 19.6. The van der Waals surface area contributed by atoms with Crippen LogP contribution in [0.4, 0.5) is 0 Å². The third kappa shape index (κ3) is 6.12. The van der Waals surface area contributed by atoms with Crippen LogP contribution in [0, 0.1) is 13.8 Å². The van der Waals surface area contributed by atoms with E-state index in [1.807, 2.05) is 0 Å². The van der Waals surface area contributed by atoms with E-state index in [1.165, 1.54) is 26.0 Å². The van der Waals surface area contributed by atoms with Crippen molar-refractivity contribution in [2.75, 3.05) is 0 Å². The van der Waals surface area contributed by atoms with Crippen molar-refractivity contribution < 1.29 is 34.5 Å². The van der Waals surface area contributed by atoms with Gasteiger partial charge in [-0.1, -0.05) is 42.9 Å². The zero-order chi connectivity index (χ0) is 34.2. The standard InChI is InChI=1S/C26H33ClN2O4/c1-15-20(17-11-13-18(27)14-12-17)21(23(25(31)32)33-26(3,4)5)16(2)28-22(15)24(30)29-19-9-7-6-8-10-19/h11-14,19,23H,6-10H2,1-5H3,(H,29,30)(H,31,32)/t23-/m0/s1/i6D2,7D2,8D2,9D2,10D2,19D. The first-order valence-corrected chi connectivity index (χ1v) is 10.5. The van der Waals surface area contributed by atoms with Crippen molar-refractivity contribution in [2.45, 2.75) is 84.2 Å². The molecule has 0 bridgehead atoms. The summed E-state index contributed by atoms with van der Waals surface area (Å²) in [4.78, 5) is 30.5. The fourth-order valence-electron chi connectivity index (χ4n) is 3.42. The predicted octanol–water partition coefficient (Wildman–Crippen LogP) is 6.02. The molecule has 1 aromatic carbocycles. The van der Waals surface area contributed by atoms with Crippen LogP contribution in [0.15, 0.2) is 24.3 Å². The molecular weight excluding hydrogens is 440 g/mol. The van der Waals surface area contributed by atoms with Crippen molar-refractivity contribution in [2.24, 2.45) is 0 Å². The van der Waals surface area contributed by atoms with E-state index in [0.717, 1.165) is 0 Å². The molecule has 178 valence electrons. The number of halogens is 1. The number of aromatic nitrogens is 1. The van der Waals surface area contributed by atoms with Gasteiger partial charge in [-0.05, 0) is 76.2 Å². The van der Waals surface area contributed by atoms with Crippen LogP contribution in [0.1, 0.15) is 101 Å². The Kier molecular flexibility index (Phi) is 4.36. The molecule has 7 heteroatoms. The molecule has 1 saturated carbocycles. The van der Waals surface area contributed by atoms with E-state index in [2.05, 4.69) is 4.98 Å². The number of amides is 1. The van der Waals surface area contributed by atoms with Crippen molar-refractivity contribution in [1.29, 1.82) is 0 Å². The molecule has 2 aromatic rings. The second kappa shape index (κ2) is 10.2. The molecule has 0 radical (unpaired) electrons. The lowest BCUT2D eigenvalue weighted by Crippen LogP contribution is -2.37. The van der Waals surface area contributed by atoms with Gasteiger partial charge in [-0.25, -0.2) is 9.78 Å². The first kappa shape index (κ1) is 14.1. The highest BCUT2D eigenvalue weighted by molar-refractivity contribution is 6.30. The zero-order valence-electron chi connectivity index (χ0n) is 29.9. The number of pyridine rings is 1. The van der Waals surface area contributed by atoms with E-state index in [1.54, 1.807) is 38.2 Å². The van der Waals surface area contributed by atoms with E-state index in [4.69, 9.17) is 31.4 Å². The first-order valence-electron chi connectivity index (χ1n) is 15.6. The van der Waals surface area contributed by atoms with Crippen LogP contribution in [0.25, 0.3) is 11.1 Å². The Bertz CT molecular complexity index is 1460. The van der Waals surface area contributed by atoms with Gasteiger partial charge >= 0.3 is 5.97 Å². The van der Waals surface area contributed by atoms with Crippen LogP contribution < -0.4 is 5.32 Å². The average Bonchev–Trinajstić information content (AvgIpc) is 2.87. The molecule has 1 aliphatic rings. The van der Waals surface area contributed by atoms with Crippen LogP contribution in [-0.4, -0.2) is 33.6 Å². The second-order valence-electron chi connectivity index (χ2n) is 8.37. The van der Waals surface area contributed by atoms with Crippen LogP contribution in [0.5, 0.6) is 0 Å². The van der Waals surface area contributed by atoms with Gasteiger partial charge in [0.05, 0.1) is 6.97 Å². The number of ether oxygens (including phenoxy) is 1. The van der Waals surface area contributed by atoms with Gasteiger partial charge in [-0.3, -0.25) is 4.79 Å². The van der Waals surface area contributed by atoms with Crippen molar-refractivity contribution in [1.82, 2.24) is 10.3 Å². The largest absolute Gasteiger partial charge is 0.479 e.